The van der Waals surface area contributed by atoms with Crippen molar-refractivity contribution in [3.63, 3.8) is 0 Å². The standard InChI is InChI=1S/C12H12F3NO2S/c1-18-11(17)9-6-19-10(16-9)7-2-4-8(5-3-7)12(13,14)15/h2-5,9-10,16H,6H2,1H3/t9-,10+/m0/s1. The molecule has 1 aromatic rings. The first kappa shape index (κ1) is 14.2. The molecule has 7 heteroatoms. The van der Waals surface area contributed by atoms with E-state index in [0.717, 1.165) is 12.1 Å². The molecule has 1 heterocycles. The third kappa shape index (κ3) is 3.22. The average molecular weight is 291 g/mol. The van der Waals surface area contributed by atoms with Crippen LogP contribution in [0.15, 0.2) is 24.3 Å². The lowest BCUT2D eigenvalue weighted by molar-refractivity contribution is -0.142. The Labute approximate surface area is 112 Å². The molecule has 0 amide bonds. The fourth-order valence-electron chi connectivity index (χ4n) is 1.79. The van der Waals surface area contributed by atoms with Crippen molar-refractivity contribution in [2.45, 2.75) is 17.6 Å². The van der Waals surface area contributed by atoms with Crippen LogP contribution in [0.3, 0.4) is 0 Å². The zero-order chi connectivity index (χ0) is 14.0. The van der Waals surface area contributed by atoms with Crippen molar-refractivity contribution in [2.24, 2.45) is 0 Å². The van der Waals surface area contributed by atoms with Crippen molar-refractivity contribution in [3.8, 4) is 0 Å². The summed E-state index contributed by atoms with van der Waals surface area (Å²) in [5.74, 6) is 0.181. The number of thioether (sulfide) groups is 1. The van der Waals surface area contributed by atoms with E-state index in [4.69, 9.17) is 0 Å². The van der Waals surface area contributed by atoms with Gasteiger partial charge in [0.05, 0.1) is 18.0 Å². The summed E-state index contributed by atoms with van der Waals surface area (Å²) in [6, 6.07) is 4.52. The number of hydrogen-bond donors (Lipinski definition) is 1. The first-order valence-electron chi connectivity index (χ1n) is 5.54. The molecule has 104 valence electrons. The van der Waals surface area contributed by atoms with Crippen molar-refractivity contribution in [2.75, 3.05) is 12.9 Å². The van der Waals surface area contributed by atoms with Crippen LogP contribution in [0.4, 0.5) is 13.2 Å². The van der Waals surface area contributed by atoms with Crippen LogP contribution in [0.25, 0.3) is 0 Å². The number of carbonyl (C=O) groups excluding carboxylic acids is 1. The largest absolute Gasteiger partial charge is 0.468 e. The van der Waals surface area contributed by atoms with E-state index in [1.54, 1.807) is 0 Å². The summed E-state index contributed by atoms with van der Waals surface area (Å²) in [6.45, 7) is 0. The zero-order valence-corrected chi connectivity index (χ0v) is 10.8. The van der Waals surface area contributed by atoms with E-state index in [1.807, 2.05) is 0 Å². The molecular formula is C12H12F3NO2S. The van der Waals surface area contributed by atoms with Gasteiger partial charge in [-0.15, -0.1) is 11.8 Å². The first-order chi connectivity index (χ1) is 8.91. The van der Waals surface area contributed by atoms with Gasteiger partial charge in [-0.05, 0) is 17.7 Å². The van der Waals surface area contributed by atoms with Crippen LogP contribution < -0.4 is 5.32 Å². The Morgan fingerprint density at radius 1 is 1.37 bits per heavy atom. The van der Waals surface area contributed by atoms with E-state index in [-0.39, 0.29) is 11.3 Å². The highest BCUT2D eigenvalue weighted by Crippen LogP contribution is 2.35. The number of benzene rings is 1. The van der Waals surface area contributed by atoms with E-state index in [9.17, 15) is 18.0 Å². The molecule has 19 heavy (non-hydrogen) atoms. The number of nitrogens with one attached hydrogen (secondary N) is 1. The van der Waals surface area contributed by atoms with Gasteiger partial charge >= 0.3 is 12.1 Å². The van der Waals surface area contributed by atoms with E-state index in [1.165, 1.54) is 31.0 Å². The van der Waals surface area contributed by atoms with Crippen molar-refractivity contribution in [3.05, 3.63) is 35.4 Å². The molecule has 0 aliphatic carbocycles. The lowest BCUT2D eigenvalue weighted by Gasteiger charge is -2.13. The van der Waals surface area contributed by atoms with Gasteiger partial charge in [-0.1, -0.05) is 12.1 Å². The van der Waals surface area contributed by atoms with E-state index in [0.29, 0.717) is 11.3 Å². The number of halogens is 3. The molecule has 2 rings (SSSR count). The smallest absolute Gasteiger partial charge is 0.416 e. The highest BCUT2D eigenvalue weighted by Gasteiger charge is 2.33. The number of carbonyl (C=O) groups is 1. The van der Waals surface area contributed by atoms with Gasteiger partial charge in [-0.25, -0.2) is 0 Å². The number of alkyl halides is 3. The lowest BCUT2D eigenvalue weighted by Crippen LogP contribution is -2.34. The Kier molecular flexibility index (Phi) is 4.05. The van der Waals surface area contributed by atoms with Crippen LogP contribution in [-0.4, -0.2) is 24.9 Å². The minimum absolute atomic E-state index is 0.189. The molecule has 1 aliphatic rings. The Hall–Kier alpha value is -1.21. The molecule has 1 aromatic carbocycles. The highest BCUT2D eigenvalue weighted by atomic mass is 32.2. The SMILES string of the molecule is COC(=O)[C@@H]1CS[C@H](c2ccc(C(F)(F)F)cc2)N1. The summed E-state index contributed by atoms with van der Waals surface area (Å²) in [5, 5.41) is 2.83. The monoisotopic (exact) mass is 291 g/mol. The molecular weight excluding hydrogens is 279 g/mol. The Morgan fingerprint density at radius 3 is 2.53 bits per heavy atom. The van der Waals surface area contributed by atoms with E-state index >= 15 is 0 Å². The number of rotatable bonds is 2. The second-order valence-electron chi connectivity index (χ2n) is 4.08. The molecule has 0 bridgehead atoms. The molecule has 3 nitrogen and oxygen atoms in total. The normalized spacial score (nSPS) is 23.4. The van der Waals surface area contributed by atoms with Gasteiger partial charge in [-0.3, -0.25) is 10.1 Å². The number of hydrogen-bond acceptors (Lipinski definition) is 4. The molecule has 1 fully saturated rings. The van der Waals surface area contributed by atoms with Crippen LogP contribution in [-0.2, 0) is 15.7 Å². The third-order valence-corrected chi connectivity index (χ3v) is 4.08. The van der Waals surface area contributed by atoms with Gasteiger partial charge in [0.2, 0.25) is 0 Å². The second kappa shape index (κ2) is 5.42. The van der Waals surface area contributed by atoms with Gasteiger partial charge in [-0.2, -0.15) is 13.2 Å². The summed E-state index contributed by atoms with van der Waals surface area (Å²) in [4.78, 5) is 11.3. The maximum Gasteiger partial charge on any atom is 0.416 e. The minimum atomic E-state index is -4.33. The Balaban J connectivity index is 2.06. The van der Waals surface area contributed by atoms with Gasteiger partial charge in [0.25, 0.3) is 0 Å². The Bertz CT molecular complexity index is 461. The quantitative estimate of drug-likeness (QED) is 0.850. The summed E-state index contributed by atoms with van der Waals surface area (Å²) < 4.78 is 41.9. The summed E-state index contributed by atoms with van der Waals surface area (Å²) in [7, 11) is 1.31. The topological polar surface area (TPSA) is 38.3 Å². The van der Waals surface area contributed by atoms with Crippen molar-refractivity contribution in [1.82, 2.24) is 5.32 Å². The maximum atomic E-state index is 12.4. The minimum Gasteiger partial charge on any atom is -0.468 e. The third-order valence-electron chi connectivity index (χ3n) is 2.81. The fourth-order valence-corrected chi connectivity index (χ4v) is 3.02. The van der Waals surface area contributed by atoms with Gasteiger partial charge in [0, 0.05) is 5.75 Å². The van der Waals surface area contributed by atoms with Crippen molar-refractivity contribution in [1.29, 1.82) is 0 Å². The van der Waals surface area contributed by atoms with Crippen molar-refractivity contribution < 1.29 is 22.7 Å². The maximum absolute atomic E-state index is 12.4. The van der Waals surface area contributed by atoms with Crippen LogP contribution in [0.2, 0.25) is 0 Å². The summed E-state index contributed by atoms with van der Waals surface area (Å²) >= 11 is 1.47. The summed E-state index contributed by atoms with van der Waals surface area (Å²) in [5.41, 5.74) is 0.0353. The molecule has 0 unspecified atom stereocenters. The molecule has 1 aliphatic heterocycles. The van der Waals surface area contributed by atoms with Gasteiger partial charge < -0.3 is 4.74 Å². The van der Waals surface area contributed by atoms with Crippen LogP contribution in [0, 0.1) is 0 Å². The number of ether oxygens (including phenoxy) is 1. The van der Waals surface area contributed by atoms with Crippen molar-refractivity contribution >= 4 is 17.7 Å². The van der Waals surface area contributed by atoms with Crippen LogP contribution >= 0.6 is 11.8 Å². The zero-order valence-electron chi connectivity index (χ0n) is 10.0. The van der Waals surface area contributed by atoms with E-state index in [2.05, 4.69) is 10.1 Å². The summed E-state index contributed by atoms with van der Waals surface area (Å²) in [6.07, 6.45) is -4.33. The fraction of sp³-hybridized carbons (Fsp3) is 0.417. The van der Waals surface area contributed by atoms with E-state index < -0.39 is 17.8 Å². The molecule has 0 radical (unpaired) electrons. The molecule has 0 spiro atoms. The van der Waals surface area contributed by atoms with Gasteiger partial charge in [0.1, 0.15) is 6.04 Å². The molecule has 1 N–H and O–H groups in total. The predicted octanol–water partition coefficient (Wildman–Crippen LogP) is 2.58. The van der Waals surface area contributed by atoms with Gasteiger partial charge in [0.15, 0.2) is 0 Å². The van der Waals surface area contributed by atoms with Crippen LogP contribution in [0.1, 0.15) is 16.5 Å². The second-order valence-corrected chi connectivity index (χ2v) is 5.21. The molecule has 2 atom stereocenters. The number of esters is 1. The van der Waals surface area contributed by atoms with Crippen LogP contribution in [0.5, 0.6) is 0 Å². The average Bonchev–Trinajstić information content (AvgIpc) is 2.86. The predicted molar refractivity (Wildman–Crippen MR) is 65.6 cm³/mol. The molecule has 1 saturated heterocycles. The molecule has 0 saturated carbocycles. The highest BCUT2D eigenvalue weighted by molar-refractivity contribution is 7.99. The first-order valence-corrected chi connectivity index (χ1v) is 6.59. The Morgan fingerprint density at radius 2 is 2.00 bits per heavy atom. The number of methoxy groups -OCH3 is 1. The lowest BCUT2D eigenvalue weighted by atomic mass is 10.1. The molecule has 0 aromatic heterocycles.